The standard InChI is InChI=1S/C15H23N3O2/c1-3-20-14(19)11-15(2,13-12-16-7-8-17-13)18-9-5-4-6-10-18/h7-8,12H,3-6,9-11H2,1-2H3. The second kappa shape index (κ2) is 6.79. The van der Waals surface area contributed by atoms with Gasteiger partial charge in [0.25, 0.3) is 0 Å². The molecule has 1 aliphatic heterocycles. The Morgan fingerprint density at radius 2 is 2.10 bits per heavy atom. The van der Waals surface area contributed by atoms with E-state index in [1.807, 2.05) is 6.92 Å². The van der Waals surface area contributed by atoms with Crippen LogP contribution in [0.5, 0.6) is 0 Å². The molecule has 1 atom stereocenters. The third-order valence-electron chi connectivity index (χ3n) is 3.96. The smallest absolute Gasteiger partial charge is 0.308 e. The molecular formula is C15H23N3O2. The zero-order valence-corrected chi connectivity index (χ0v) is 12.3. The predicted octanol–water partition coefficient (Wildman–Crippen LogP) is 2.13. The first-order valence-corrected chi connectivity index (χ1v) is 7.34. The highest BCUT2D eigenvalue weighted by Gasteiger charge is 2.38. The molecule has 2 rings (SSSR count). The molecule has 0 saturated carbocycles. The number of rotatable bonds is 5. The number of esters is 1. The molecule has 0 N–H and O–H groups in total. The summed E-state index contributed by atoms with van der Waals surface area (Å²) in [5.41, 5.74) is 0.413. The third-order valence-corrected chi connectivity index (χ3v) is 3.96. The SMILES string of the molecule is CCOC(=O)CC(C)(c1cnccn1)N1CCCCC1. The molecule has 0 spiro atoms. The van der Waals surface area contributed by atoms with Crippen LogP contribution < -0.4 is 0 Å². The summed E-state index contributed by atoms with van der Waals surface area (Å²) in [5, 5.41) is 0. The summed E-state index contributed by atoms with van der Waals surface area (Å²) in [6.45, 7) is 6.30. The normalized spacial score (nSPS) is 19.3. The predicted molar refractivity (Wildman–Crippen MR) is 76.1 cm³/mol. The zero-order valence-electron chi connectivity index (χ0n) is 12.3. The van der Waals surface area contributed by atoms with Gasteiger partial charge in [-0.1, -0.05) is 6.42 Å². The van der Waals surface area contributed by atoms with Gasteiger partial charge < -0.3 is 4.74 Å². The van der Waals surface area contributed by atoms with Crippen LogP contribution in [0.15, 0.2) is 18.6 Å². The number of carbonyl (C=O) groups is 1. The number of ether oxygens (including phenoxy) is 1. The van der Waals surface area contributed by atoms with Crippen molar-refractivity contribution >= 4 is 5.97 Å². The molecule has 5 nitrogen and oxygen atoms in total. The van der Waals surface area contributed by atoms with E-state index in [0.717, 1.165) is 18.8 Å². The highest BCUT2D eigenvalue weighted by Crippen LogP contribution is 2.33. The second-order valence-corrected chi connectivity index (χ2v) is 5.39. The number of carbonyl (C=O) groups excluding carboxylic acids is 1. The minimum atomic E-state index is -0.430. The van der Waals surface area contributed by atoms with Gasteiger partial charge in [0.15, 0.2) is 0 Å². The molecule has 1 fully saturated rings. The summed E-state index contributed by atoms with van der Waals surface area (Å²) >= 11 is 0. The lowest BCUT2D eigenvalue weighted by molar-refractivity contribution is -0.147. The van der Waals surface area contributed by atoms with Crippen LogP contribution in [0.2, 0.25) is 0 Å². The van der Waals surface area contributed by atoms with Crippen molar-refractivity contribution < 1.29 is 9.53 Å². The summed E-state index contributed by atoms with van der Waals surface area (Å²) in [6, 6.07) is 0. The zero-order chi connectivity index (χ0) is 14.4. The lowest BCUT2D eigenvalue weighted by atomic mass is 9.89. The fourth-order valence-corrected chi connectivity index (χ4v) is 2.82. The molecule has 5 heteroatoms. The Hall–Kier alpha value is -1.49. The fourth-order valence-electron chi connectivity index (χ4n) is 2.82. The van der Waals surface area contributed by atoms with Crippen molar-refractivity contribution in [2.75, 3.05) is 19.7 Å². The van der Waals surface area contributed by atoms with E-state index in [1.54, 1.807) is 18.6 Å². The van der Waals surface area contributed by atoms with E-state index in [1.165, 1.54) is 19.3 Å². The van der Waals surface area contributed by atoms with Crippen molar-refractivity contribution in [2.45, 2.75) is 45.1 Å². The summed E-state index contributed by atoms with van der Waals surface area (Å²) in [4.78, 5) is 22.9. The maximum absolute atomic E-state index is 12.0. The topological polar surface area (TPSA) is 55.3 Å². The van der Waals surface area contributed by atoms with Crippen LogP contribution in [0.4, 0.5) is 0 Å². The van der Waals surface area contributed by atoms with Crippen LogP contribution in [0.1, 0.15) is 45.2 Å². The molecule has 1 saturated heterocycles. The maximum Gasteiger partial charge on any atom is 0.308 e. The van der Waals surface area contributed by atoms with Crippen LogP contribution in [0, 0.1) is 0 Å². The van der Waals surface area contributed by atoms with Gasteiger partial charge in [0.1, 0.15) is 0 Å². The largest absolute Gasteiger partial charge is 0.466 e. The quantitative estimate of drug-likeness (QED) is 0.772. The van der Waals surface area contributed by atoms with E-state index in [9.17, 15) is 4.79 Å². The van der Waals surface area contributed by atoms with Crippen LogP contribution in [0.3, 0.4) is 0 Å². The van der Waals surface area contributed by atoms with Gasteiger partial charge in [-0.15, -0.1) is 0 Å². The lowest BCUT2D eigenvalue weighted by Gasteiger charge is -2.42. The van der Waals surface area contributed by atoms with Gasteiger partial charge in [-0.3, -0.25) is 19.7 Å². The third kappa shape index (κ3) is 3.33. The molecule has 2 heterocycles. The highest BCUT2D eigenvalue weighted by atomic mass is 16.5. The lowest BCUT2D eigenvalue weighted by Crippen LogP contribution is -2.48. The Labute approximate surface area is 120 Å². The Balaban J connectivity index is 2.24. The molecule has 110 valence electrons. The molecule has 0 aromatic carbocycles. The Morgan fingerprint density at radius 3 is 2.70 bits per heavy atom. The van der Waals surface area contributed by atoms with Crippen molar-refractivity contribution in [3.8, 4) is 0 Å². The van der Waals surface area contributed by atoms with E-state index in [0.29, 0.717) is 13.0 Å². The number of hydrogen-bond donors (Lipinski definition) is 0. The van der Waals surface area contributed by atoms with Gasteiger partial charge in [-0.05, 0) is 39.8 Å². The van der Waals surface area contributed by atoms with Gasteiger partial charge in [-0.25, -0.2) is 0 Å². The number of likely N-dealkylation sites (tertiary alicyclic amines) is 1. The van der Waals surface area contributed by atoms with Crippen molar-refractivity contribution in [3.05, 3.63) is 24.3 Å². The number of hydrogen-bond acceptors (Lipinski definition) is 5. The van der Waals surface area contributed by atoms with Crippen LogP contribution in [-0.4, -0.2) is 40.5 Å². The van der Waals surface area contributed by atoms with Crippen LogP contribution in [-0.2, 0) is 15.1 Å². The highest BCUT2D eigenvalue weighted by molar-refractivity contribution is 5.71. The summed E-state index contributed by atoms with van der Waals surface area (Å²) in [7, 11) is 0. The van der Waals surface area contributed by atoms with Crippen molar-refractivity contribution in [3.63, 3.8) is 0 Å². The van der Waals surface area contributed by atoms with Gasteiger partial charge in [0.05, 0.1) is 30.5 Å². The molecule has 0 radical (unpaired) electrons. The van der Waals surface area contributed by atoms with E-state index in [4.69, 9.17) is 4.74 Å². The number of aromatic nitrogens is 2. The first kappa shape index (κ1) is 14.9. The average molecular weight is 277 g/mol. The first-order chi connectivity index (χ1) is 9.66. The molecule has 0 bridgehead atoms. The Kier molecular flexibility index (Phi) is 5.06. The van der Waals surface area contributed by atoms with E-state index >= 15 is 0 Å². The monoisotopic (exact) mass is 277 g/mol. The van der Waals surface area contributed by atoms with E-state index in [2.05, 4.69) is 21.8 Å². The summed E-state index contributed by atoms with van der Waals surface area (Å²) < 4.78 is 5.14. The Bertz CT molecular complexity index is 432. The average Bonchev–Trinajstić information content (AvgIpc) is 2.49. The summed E-state index contributed by atoms with van der Waals surface area (Å²) in [6.07, 6.45) is 9.00. The molecular weight excluding hydrogens is 254 g/mol. The van der Waals surface area contributed by atoms with E-state index in [-0.39, 0.29) is 5.97 Å². The van der Waals surface area contributed by atoms with E-state index < -0.39 is 5.54 Å². The van der Waals surface area contributed by atoms with Crippen molar-refractivity contribution in [2.24, 2.45) is 0 Å². The van der Waals surface area contributed by atoms with Gasteiger partial charge in [0, 0.05) is 12.4 Å². The van der Waals surface area contributed by atoms with Crippen LogP contribution >= 0.6 is 0 Å². The van der Waals surface area contributed by atoms with Crippen LogP contribution in [0.25, 0.3) is 0 Å². The number of nitrogens with zero attached hydrogens (tertiary/aromatic N) is 3. The maximum atomic E-state index is 12.0. The minimum absolute atomic E-state index is 0.175. The van der Waals surface area contributed by atoms with Gasteiger partial charge in [-0.2, -0.15) is 0 Å². The molecule has 0 aliphatic carbocycles. The molecule has 0 amide bonds. The molecule has 1 unspecified atom stereocenters. The van der Waals surface area contributed by atoms with Gasteiger partial charge in [0.2, 0.25) is 0 Å². The molecule has 20 heavy (non-hydrogen) atoms. The molecule has 1 aliphatic rings. The number of piperidine rings is 1. The minimum Gasteiger partial charge on any atom is -0.466 e. The second-order valence-electron chi connectivity index (χ2n) is 5.39. The Morgan fingerprint density at radius 1 is 1.35 bits per heavy atom. The van der Waals surface area contributed by atoms with Gasteiger partial charge >= 0.3 is 5.97 Å². The summed E-state index contributed by atoms with van der Waals surface area (Å²) in [5.74, 6) is -0.175. The fraction of sp³-hybridized carbons (Fsp3) is 0.667. The first-order valence-electron chi connectivity index (χ1n) is 7.34. The molecule has 1 aromatic heterocycles. The van der Waals surface area contributed by atoms with Crippen molar-refractivity contribution in [1.82, 2.24) is 14.9 Å². The van der Waals surface area contributed by atoms with Crippen molar-refractivity contribution in [1.29, 1.82) is 0 Å². The molecule has 1 aromatic rings.